The molecular weight excluding hydrogens is 264 g/mol. The summed E-state index contributed by atoms with van der Waals surface area (Å²) in [5, 5.41) is 17.2. The smallest absolute Gasteiger partial charge is 0.0604 e. The molecule has 0 radical (unpaired) electrons. The predicted molar refractivity (Wildman–Crippen MR) is 81.8 cm³/mol. The fourth-order valence-corrected chi connectivity index (χ4v) is 5.40. The van der Waals surface area contributed by atoms with Crippen LogP contribution in [0.3, 0.4) is 0 Å². The molecule has 3 N–H and O–H groups in total. The maximum Gasteiger partial charge on any atom is 0.0604 e. The van der Waals surface area contributed by atoms with E-state index in [4.69, 9.17) is 4.74 Å². The molecule has 0 aromatic rings. The van der Waals surface area contributed by atoms with Crippen LogP contribution < -0.4 is 10.6 Å². The van der Waals surface area contributed by atoms with Crippen molar-refractivity contribution in [1.82, 2.24) is 10.6 Å². The fraction of sp³-hybridized carbons (Fsp3) is 1.00. The Labute approximate surface area is 128 Å². The minimum absolute atomic E-state index is 0.0259. The van der Waals surface area contributed by atoms with Gasteiger partial charge in [-0.1, -0.05) is 0 Å². The van der Waals surface area contributed by atoms with Gasteiger partial charge in [-0.2, -0.15) is 0 Å². The Bertz CT molecular complexity index is 351. The summed E-state index contributed by atoms with van der Waals surface area (Å²) >= 11 is 0. The first-order valence-corrected chi connectivity index (χ1v) is 9.04. The average molecular weight is 294 g/mol. The molecule has 4 rings (SSSR count). The molecule has 4 nitrogen and oxygen atoms in total. The molecule has 0 aromatic heterocycles. The van der Waals surface area contributed by atoms with Gasteiger partial charge in [-0.25, -0.2) is 0 Å². The maximum absolute atomic E-state index is 9.72. The minimum Gasteiger partial charge on any atom is -0.393 e. The largest absolute Gasteiger partial charge is 0.393 e. The van der Waals surface area contributed by atoms with Crippen molar-refractivity contribution in [1.29, 1.82) is 0 Å². The molecule has 4 fully saturated rings. The maximum atomic E-state index is 9.72. The highest BCUT2D eigenvalue weighted by atomic mass is 16.5. The first kappa shape index (κ1) is 14.4. The number of hydrogen-bond donors (Lipinski definition) is 3. The van der Waals surface area contributed by atoms with Crippen molar-refractivity contribution in [3.05, 3.63) is 0 Å². The van der Waals surface area contributed by atoms with Crippen LogP contribution in [0.25, 0.3) is 0 Å². The van der Waals surface area contributed by atoms with Gasteiger partial charge < -0.3 is 20.5 Å². The van der Waals surface area contributed by atoms with Crippen LogP contribution in [0.1, 0.15) is 38.5 Å². The molecule has 5 unspecified atom stereocenters. The predicted octanol–water partition coefficient (Wildman–Crippen LogP) is 1.35. The second-order valence-corrected chi connectivity index (χ2v) is 7.81. The molecule has 0 spiro atoms. The van der Waals surface area contributed by atoms with E-state index in [1.807, 2.05) is 0 Å². The molecule has 3 aliphatic heterocycles. The summed E-state index contributed by atoms with van der Waals surface area (Å²) in [7, 11) is 0. The average Bonchev–Trinajstić information content (AvgIpc) is 3.16. The summed E-state index contributed by atoms with van der Waals surface area (Å²) in [5.74, 6) is 4.04. The molecule has 0 bridgehead atoms. The zero-order valence-corrected chi connectivity index (χ0v) is 13.0. The third kappa shape index (κ3) is 2.88. The molecule has 5 atom stereocenters. The summed E-state index contributed by atoms with van der Waals surface area (Å²) in [6.07, 6.45) is 7.66. The second kappa shape index (κ2) is 6.15. The summed E-state index contributed by atoms with van der Waals surface area (Å²) in [6, 6.07) is 0. The quantitative estimate of drug-likeness (QED) is 0.719. The number of aliphatic hydroxyl groups is 1. The van der Waals surface area contributed by atoms with Gasteiger partial charge in [0.05, 0.1) is 12.3 Å². The SMILES string of the molecule is OC1CCC(C2CNC3NCC(C4CCOC4)C3C2)CC1. The standard InChI is InChI=1S/C17H30N2O2/c20-14-3-1-11(2-4-14)13-7-15-16(12-5-6-21-10-12)9-19-17(15)18-8-13/h11-20H,1-10H2. The van der Waals surface area contributed by atoms with E-state index in [1.165, 1.54) is 38.8 Å². The van der Waals surface area contributed by atoms with Crippen LogP contribution in [0, 0.1) is 29.6 Å². The van der Waals surface area contributed by atoms with E-state index in [0.29, 0.717) is 6.17 Å². The lowest BCUT2D eigenvalue weighted by Gasteiger charge is -2.41. The number of piperidine rings is 1. The van der Waals surface area contributed by atoms with Crippen molar-refractivity contribution < 1.29 is 9.84 Å². The Balaban J connectivity index is 1.39. The van der Waals surface area contributed by atoms with Crippen LogP contribution in [-0.2, 0) is 4.74 Å². The Morgan fingerprint density at radius 3 is 2.38 bits per heavy atom. The third-order valence-electron chi connectivity index (χ3n) is 6.70. The van der Waals surface area contributed by atoms with Crippen molar-refractivity contribution in [2.45, 2.75) is 50.8 Å². The van der Waals surface area contributed by atoms with Crippen molar-refractivity contribution in [2.24, 2.45) is 29.6 Å². The molecule has 1 saturated carbocycles. The highest BCUT2D eigenvalue weighted by Gasteiger charge is 2.45. The van der Waals surface area contributed by atoms with Crippen molar-refractivity contribution in [3.8, 4) is 0 Å². The molecule has 4 aliphatic rings. The highest BCUT2D eigenvalue weighted by molar-refractivity contribution is 4.98. The van der Waals surface area contributed by atoms with Crippen LogP contribution in [-0.4, -0.2) is 43.7 Å². The second-order valence-electron chi connectivity index (χ2n) is 7.81. The van der Waals surface area contributed by atoms with Crippen LogP contribution in [0.15, 0.2) is 0 Å². The number of rotatable bonds is 2. The van der Waals surface area contributed by atoms with Gasteiger partial charge in [0.1, 0.15) is 0 Å². The molecular formula is C17H30N2O2. The topological polar surface area (TPSA) is 53.5 Å². The summed E-state index contributed by atoms with van der Waals surface area (Å²) in [6.45, 7) is 4.29. The van der Waals surface area contributed by atoms with Gasteiger partial charge in [0.25, 0.3) is 0 Å². The summed E-state index contributed by atoms with van der Waals surface area (Å²) in [5.41, 5.74) is 0. The molecule has 3 heterocycles. The van der Waals surface area contributed by atoms with Crippen LogP contribution in [0.2, 0.25) is 0 Å². The molecule has 0 amide bonds. The van der Waals surface area contributed by atoms with E-state index < -0.39 is 0 Å². The van der Waals surface area contributed by atoms with Gasteiger partial charge in [-0.05, 0) is 74.7 Å². The number of ether oxygens (including phenoxy) is 1. The monoisotopic (exact) mass is 294 g/mol. The van der Waals surface area contributed by atoms with Crippen LogP contribution >= 0.6 is 0 Å². The molecule has 120 valence electrons. The van der Waals surface area contributed by atoms with Crippen LogP contribution in [0.4, 0.5) is 0 Å². The van der Waals surface area contributed by atoms with Crippen LogP contribution in [0.5, 0.6) is 0 Å². The minimum atomic E-state index is -0.0259. The third-order valence-corrected chi connectivity index (χ3v) is 6.70. The van der Waals surface area contributed by atoms with Gasteiger partial charge in [0.2, 0.25) is 0 Å². The lowest BCUT2D eigenvalue weighted by Crippen LogP contribution is -2.51. The van der Waals surface area contributed by atoms with Crippen molar-refractivity contribution >= 4 is 0 Å². The van der Waals surface area contributed by atoms with Gasteiger partial charge in [-0.15, -0.1) is 0 Å². The first-order chi connectivity index (χ1) is 10.3. The number of fused-ring (bicyclic) bond motifs is 1. The lowest BCUT2D eigenvalue weighted by molar-refractivity contribution is 0.0634. The van der Waals surface area contributed by atoms with E-state index in [2.05, 4.69) is 10.6 Å². The number of nitrogens with one attached hydrogen (secondary N) is 2. The number of aliphatic hydroxyl groups excluding tert-OH is 1. The van der Waals surface area contributed by atoms with E-state index in [9.17, 15) is 5.11 Å². The van der Waals surface area contributed by atoms with Gasteiger partial charge in [0, 0.05) is 19.8 Å². The molecule has 21 heavy (non-hydrogen) atoms. The summed E-state index contributed by atoms with van der Waals surface area (Å²) in [4.78, 5) is 0. The highest BCUT2D eigenvalue weighted by Crippen LogP contribution is 2.42. The first-order valence-electron chi connectivity index (χ1n) is 9.04. The van der Waals surface area contributed by atoms with E-state index >= 15 is 0 Å². The van der Waals surface area contributed by atoms with Gasteiger partial charge in [-0.3, -0.25) is 0 Å². The van der Waals surface area contributed by atoms with E-state index in [1.54, 1.807) is 0 Å². The van der Waals surface area contributed by atoms with Gasteiger partial charge in [0.15, 0.2) is 0 Å². The zero-order chi connectivity index (χ0) is 14.2. The van der Waals surface area contributed by atoms with E-state index in [0.717, 1.165) is 55.6 Å². The summed E-state index contributed by atoms with van der Waals surface area (Å²) < 4.78 is 5.63. The Kier molecular flexibility index (Phi) is 4.23. The fourth-order valence-electron chi connectivity index (χ4n) is 5.40. The lowest BCUT2D eigenvalue weighted by atomic mass is 9.70. The normalized spacial score (nSPS) is 51.0. The Hall–Kier alpha value is -0.160. The zero-order valence-electron chi connectivity index (χ0n) is 13.0. The molecule has 3 saturated heterocycles. The van der Waals surface area contributed by atoms with Crippen molar-refractivity contribution in [2.75, 3.05) is 26.3 Å². The van der Waals surface area contributed by atoms with Crippen molar-refractivity contribution in [3.63, 3.8) is 0 Å². The Morgan fingerprint density at radius 2 is 1.62 bits per heavy atom. The molecule has 1 aliphatic carbocycles. The van der Waals surface area contributed by atoms with Gasteiger partial charge >= 0.3 is 0 Å². The Morgan fingerprint density at radius 1 is 0.810 bits per heavy atom. The molecule has 4 heteroatoms. The molecule has 0 aromatic carbocycles. The number of hydrogen-bond acceptors (Lipinski definition) is 4. The van der Waals surface area contributed by atoms with E-state index in [-0.39, 0.29) is 6.10 Å².